The van der Waals surface area contributed by atoms with Crippen molar-refractivity contribution in [1.29, 1.82) is 0 Å². The summed E-state index contributed by atoms with van der Waals surface area (Å²) >= 11 is 0. The van der Waals surface area contributed by atoms with Gasteiger partial charge in [0.1, 0.15) is 29.5 Å². The monoisotopic (exact) mass is 637 g/mol. The summed E-state index contributed by atoms with van der Waals surface area (Å²) in [5, 5.41) is 6.35. The first-order valence-electron chi connectivity index (χ1n) is 17.3. The predicted octanol–water partition coefficient (Wildman–Crippen LogP) is 3.62. The molecule has 46 heavy (non-hydrogen) atoms. The number of hydrogen-bond donors (Lipinski definition) is 2. The highest BCUT2D eigenvalue weighted by atomic mass is 16.6. The first kappa shape index (κ1) is 32.6. The van der Waals surface area contributed by atoms with E-state index >= 15 is 0 Å². The van der Waals surface area contributed by atoms with Gasteiger partial charge in [-0.25, -0.2) is 4.79 Å². The summed E-state index contributed by atoms with van der Waals surface area (Å²) in [4.78, 5) is 60.9. The number of hydrogen-bond acceptors (Lipinski definition) is 7. The Kier molecular flexibility index (Phi) is 9.24. The van der Waals surface area contributed by atoms with Crippen LogP contribution in [-0.2, 0) is 19.1 Å². The van der Waals surface area contributed by atoms with Crippen LogP contribution in [0.2, 0.25) is 0 Å². The number of piperazine rings is 1. The van der Waals surface area contributed by atoms with Gasteiger partial charge in [0.05, 0.1) is 12.6 Å². The summed E-state index contributed by atoms with van der Waals surface area (Å²) in [5.41, 5.74) is 0.250. The summed E-state index contributed by atoms with van der Waals surface area (Å²) in [7, 11) is 1.54. The van der Waals surface area contributed by atoms with E-state index in [0.717, 1.165) is 56.3 Å². The molecule has 0 unspecified atom stereocenters. The smallest absolute Gasteiger partial charge is 0.410 e. The van der Waals surface area contributed by atoms with Gasteiger partial charge in [-0.15, -0.1) is 0 Å². The van der Waals surface area contributed by atoms with E-state index in [1.807, 2.05) is 24.3 Å². The lowest BCUT2D eigenvalue weighted by molar-refractivity contribution is -0.150. The van der Waals surface area contributed by atoms with Crippen molar-refractivity contribution in [1.82, 2.24) is 25.3 Å². The van der Waals surface area contributed by atoms with E-state index in [0.29, 0.717) is 38.1 Å². The maximum atomic E-state index is 14.7. The SMILES string of the molecule is C[C@@H](C(=O)N[C@H](C(=O)N1C[C@H]2C[C@H]3C[C@H]3N2C[C@H]1C(=O)N[C@@H]1CCOc2ccccc21)C1CCCCC1)N(C)C(=O)OC(C)(C)C. The number of carbonyl (C=O) groups is 4. The maximum absolute atomic E-state index is 14.7. The number of carbonyl (C=O) groups excluding carboxylic acids is 4. The molecule has 0 spiro atoms. The fourth-order valence-corrected chi connectivity index (χ4v) is 7.96. The van der Waals surface area contributed by atoms with Crippen LogP contribution >= 0.6 is 0 Å². The van der Waals surface area contributed by atoms with E-state index in [9.17, 15) is 19.2 Å². The molecule has 2 N–H and O–H groups in total. The third kappa shape index (κ3) is 6.85. The number of benzene rings is 1. The zero-order valence-electron chi connectivity index (χ0n) is 28.0. The van der Waals surface area contributed by atoms with Crippen LogP contribution in [0.4, 0.5) is 4.79 Å². The molecule has 0 radical (unpaired) electrons. The van der Waals surface area contributed by atoms with Crippen molar-refractivity contribution in [3.8, 4) is 5.75 Å². The molecule has 3 heterocycles. The molecule has 3 aliphatic heterocycles. The van der Waals surface area contributed by atoms with Crippen molar-refractivity contribution in [3.63, 3.8) is 0 Å². The van der Waals surface area contributed by atoms with Gasteiger partial charge < -0.3 is 25.0 Å². The lowest BCUT2D eigenvalue weighted by Crippen LogP contribution is -2.67. The molecule has 2 saturated carbocycles. The second kappa shape index (κ2) is 13.0. The molecule has 11 nitrogen and oxygen atoms in total. The summed E-state index contributed by atoms with van der Waals surface area (Å²) in [6.07, 6.45) is 7.00. The number of para-hydroxylation sites is 1. The molecule has 6 rings (SSSR count). The fraction of sp³-hybridized carbons (Fsp3) is 0.714. The predicted molar refractivity (Wildman–Crippen MR) is 172 cm³/mol. The number of rotatable bonds is 7. The Morgan fingerprint density at radius 3 is 2.50 bits per heavy atom. The van der Waals surface area contributed by atoms with Gasteiger partial charge in [-0.1, -0.05) is 37.5 Å². The van der Waals surface area contributed by atoms with Crippen molar-refractivity contribution in [2.75, 3.05) is 26.7 Å². The number of nitrogens with zero attached hydrogens (tertiary/aromatic N) is 3. The third-order valence-electron chi connectivity index (χ3n) is 10.7. The molecular weight excluding hydrogens is 586 g/mol. The van der Waals surface area contributed by atoms with Gasteiger partial charge in [-0.3, -0.25) is 24.2 Å². The Balaban J connectivity index is 1.23. The maximum Gasteiger partial charge on any atom is 0.410 e. The Morgan fingerprint density at radius 1 is 1.02 bits per heavy atom. The lowest BCUT2D eigenvalue weighted by atomic mass is 9.82. The van der Waals surface area contributed by atoms with Crippen LogP contribution in [0.5, 0.6) is 5.75 Å². The molecule has 1 aromatic rings. The fourth-order valence-electron chi connectivity index (χ4n) is 7.96. The summed E-state index contributed by atoms with van der Waals surface area (Å²) in [6, 6.07) is 6.02. The Hall–Kier alpha value is -3.34. The minimum atomic E-state index is -0.847. The van der Waals surface area contributed by atoms with Gasteiger partial charge >= 0.3 is 6.09 Å². The standard InChI is InChI=1S/C35H51N5O6/c1-21(38(5)34(44)46-35(2,3)4)31(41)37-30(22-11-7-6-8-12-22)33(43)40-19-24-17-23-18-27(23)39(24)20-28(40)32(42)36-26-15-16-45-29-14-10-9-13-25(26)29/h9-10,13-14,21-24,26-28,30H,6-8,11-12,15-20H2,1-5H3,(H,36,42)(H,37,41)/t21-,23-,24+,26+,27+,28-,30-/m0/s1. The van der Waals surface area contributed by atoms with E-state index in [1.165, 1.54) is 11.9 Å². The van der Waals surface area contributed by atoms with E-state index in [1.54, 1.807) is 32.6 Å². The second-order valence-electron chi connectivity index (χ2n) is 15.0. The molecule has 5 aliphatic rings. The van der Waals surface area contributed by atoms with Crippen LogP contribution in [0.1, 0.15) is 90.7 Å². The Labute approximate surface area is 272 Å². The first-order chi connectivity index (χ1) is 21.9. The summed E-state index contributed by atoms with van der Waals surface area (Å²) < 4.78 is 11.3. The zero-order valence-corrected chi connectivity index (χ0v) is 28.0. The van der Waals surface area contributed by atoms with E-state index < -0.39 is 35.7 Å². The molecule has 0 aromatic heterocycles. The molecule has 2 saturated heterocycles. The average molecular weight is 638 g/mol. The van der Waals surface area contributed by atoms with Crippen molar-refractivity contribution in [2.45, 2.75) is 121 Å². The Morgan fingerprint density at radius 2 is 1.76 bits per heavy atom. The van der Waals surface area contributed by atoms with Crippen LogP contribution < -0.4 is 15.4 Å². The van der Waals surface area contributed by atoms with Gasteiger partial charge in [0, 0.05) is 44.2 Å². The summed E-state index contributed by atoms with van der Waals surface area (Å²) in [5.74, 6) is 0.624. The van der Waals surface area contributed by atoms with Crippen LogP contribution in [0.3, 0.4) is 0 Å². The first-order valence-corrected chi connectivity index (χ1v) is 17.3. The number of ether oxygens (including phenoxy) is 2. The lowest BCUT2D eigenvalue weighted by Gasteiger charge is -2.46. The quantitative estimate of drug-likeness (QED) is 0.469. The molecule has 11 heteroatoms. The normalized spacial score (nSPS) is 28.8. The van der Waals surface area contributed by atoms with Crippen molar-refractivity contribution in [2.24, 2.45) is 11.8 Å². The topological polar surface area (TPSA) is 121 Å². The van der Waals surface area contributed by atoms with Gasteiger partial charge in [0.25, 0.3) is 0 Å². The van der Waals surface area contributed by atoms with Crippen LogP contribution in [-0.4, -0.2) is 101 Å². The molecule has 4 fully saturated rings. The van der Waals surface area contributed by atoms with E-state index in [-0.39, 0.29) is 29.8 Å². The number of likely N-dealkylation sites (N-methyl/N-ethyl adjacent to an activating group) is 1. The molecule has 7 atom stereocenters. The highest BCUT2D eigenvalue weighted by Gasteiger charge is 2.56. The van der Waals surface area contributed by atoms with Gasteiger partial charge in [-0.05, 0) is 71.3 Å². The van der Waals surface area contributed by atoms with E-state index in [4.69, 9.17) is 9.47 Å². The molecular formula is C35H51N5O6. The summed E-state index contributed by atoms with van der Waals surface area (Å²) in [6.45, 7) is 8.47. The number of fused-ring (bicyclic) bond motifs is 4. The molecule has 4 amide bonds. The molecule has 0 bridgehead atoms. The minimum Gasteiger partial charge on any atom is -0.493 e. The molecule has 2 aliphatic carbocycles. The van der Waals surface area contributed by atoms with Gasteiger partial charge in [0.2, 0.25) is 17.7 Å². The van der Waals surface area contributed by atoms with E-state index in [2.05, 4.69) is 15.5 Å². The third-order valence-corrected chi connectivity index (χ3v) is 10.7. The van der Waals surface area contributed by atoms with Gasteiger partial charge in [-0.2, -0.15) is 0 Å². The van der Waals surface area contributed by atoms with Crippen LogP contribution in [0.15, 0.2) is 24.3 Å². The molecule has 1 aromatic carbocycles. The molecule has 252 valence electrons. The highest BCUT2D eigenvalue weighted by molar-refractivity contribution is 5.94. The van der Waals surface area contributed by atoms with Crippen LogP contribution in [0, 0.1) is 11.8 Å². The second-order valence-corrected chi connectivity index (χ2v) is 15.0. The minimum absolute atomic E-state index is 0.0367. The van der Waals surface area contributed by atoms with Crippen molar-refractivity contribution in [3.05, 3.63) is 29.8 Å². The number of amides is 4. The zero-order chi connectivity index (χ0) is 32.7. The number of piperidine rings is 1. The van der Waals surface area contributed by atoms with Crippen LogP contribution in [0.25, 0.3) is 0 Å². The van der Waals surface area contributed by atoms with Crippen molar-refractivity contribution >= 4 is 23.8 Å². The number of nitrogens with one attached hydrogen (secondary N) is 2. The largest absolute Gasteiger partial charge is 0.493 e. The Bertz CT molecular complexity index is 1320. The highest BCUT2D eigenvalue weighted by Crippen LogP contribution is 2.49. The van der Waals surface area contributed by atoms with Gasteiger partial charge in [0.15, 0.2) is 0 Å². The average Bonchev–Trinajstić information content (AvgIpc) is 3.72. The van der Waals surface area contributed by atoms with Crippen molar-refractivity contribution < 1.29 is 28.7 Å².